The van der Waals surface area contributed by atoms with Crippen LogP contribution in [0.4, 0.5) is 5.82 Å². The standard InChI is InChI=1S/C7H11N3O3/c8-5-1-3-10(7(13)9-5)4-2-6(11)12/h1,3,6,11-12H,2,4H2,(H2,8,9,13). The largest absolute Gasteiger partial charge is 0.383 e. The van der Waals surface area contributed by atoms with Crippen molar-refractivity contribution in [3.63, 3.8) is 0 Å². The van der Waals surface area contributed by atoms with Gasteiger partial charge in [-0.05, 0) is 6.07 Å². The van der Waals surface area contributed by atoms with Crippen LogP contribution in [0, 0.1) is 0 Å². The molecule has 0 bridgehead atoms. The number of aliphatic hydroxyl groups is 2. The van der Waals surface area contributed by atoms with E-state index in [-0.39, 0.29) is 18.8 Å². The van der Waals surface area contributed by atoms with Gasteiger partial charge in [-0.2, -0.15) is 4.98 Å². The SMILES string of the molecule is Nc1ccn(CCC(O)O)c(=O)n1. The van der Waals surface area contributed by atoms with Gasteiger partial charge < -0.3 is 15.9 Å². The fraction of sp³-hybridized carbons (Fsp3) is 0.429. The third-order valence-corrected chi connectivity index (χ3v) is 1.52. The van der Waals surface area contributed by atoms with Gasteiger partial charge in [-0.25, -0.2) is 4.79 Å². The number of nitrogens with two attached hydrogens (primary N) is 1. The van der Waals surface area contributed by atoms with Crippen LogP contribution < -0.4 is 11.4 Å². The van der Waals surface area contributed by atoms with Crippen LogP contribution in [-0.2, 0) is 6.54 Å². The number of aryl methyl sites for hydroxylation is 1. The number of aliphatic hydroxyl groups excluding tert-OH is 1. The minimum atomic E-state index is -1.41. The Morgan fingerprint density at radius 1 is 1.62 bits per heavy atom. The highest BCUT2D eigenvalue weighted by Crippen LogP contribution is 1.93. The smallest absolute Gasteiger partial charge is 0.349 e. The Morgan fingerprint density at radius 2 is 2.31 bits per heavy atom. The predicted molar refractivity (Wildman–Crippen MR) is 45.8 cm³/mol. The fourth-order valence-electron chi connectivity index (χ4n) is 0.867. The molecule has 4 N–H and O–H groups in total. The van der Waals surface area contributed by atoms with Crippen LogP contribution >= 0.6 is 0 Å². The molecular formula is C7H11N3O3. The molecule has 1 aromatic heterocycles. The Morgan fingerprint density at radius 3 is 2.85 bits per heavy atom. The Hall–Kier alpha value is -1.40. The molecule has 1 rings (SSSR count). The van der Waals surface area contributed by atoms with Gasteiger partial charge in [0.25, 0.3) is 0 Å². The molecule has 72 valence electrons. The van der Waals surface area contributed by atoms with Crippen LogP contribution in [0.25, 0.3) is 0 Å². The summed E-state index contributed by atoms with van der Waals surface area (Å²) in [5.41, 5.74) is 4.77. The number of anilines is 1. The summed E-state index contributed by atoms with van der Waals surface area (Å²) in [6.45, 7) is 0.212. The first-order valence-electron chi connectivity index (χ1n) is 3.78. The second-order valence-electron chi connectivity index (χ2n) is 2.60. The van der Waals surface area contributed by atoms with Crippen molar-refractivity contribution in [2.24, 2.45) is 0 Å². The van der Waals surface area contributed by atoms with Crippen molar-refractivity contribution in [3.8, 4) is 0 Å². The van der Waals surface area contributed by atoms with Gasteiger partial charge in [0.2, 0.25) is 0 Å². The highest BCUT2D eigenvalue weighted by Gasteiger charge is 2.00. The molecule has 0 radical (unpaired) electrons. The van der Waals surface area contributed by atoms with E-state index in [1.807, 2.05) is 0 Å². The number of hydrogen-bond donors (Lipinski definition) is 3. The lowest BCUT2D eigenvalue weighted by molar-refractivity contribution is -0.0479. The summed E-state index contributed by atoms with van der Waals surface area (Å²) < 4.78 is 1.26. The van der Waals surface area contributed by atoms with E-state index in [1.54, 1.807) is 0 Å². The Kier molecular flexibility index (Phi) is 2.99. The monoisotopic (exact) mass is 185 g/mol. The molecule has 0 spiro atoms. The lowest BCUT2D eigenvalue weighted by Gasteiger charge is -2.05. The molecule has 0 aliphatic heterocycles. The van der Waals surface area contributed by atoms with E-state index in [4.69, 9.17) is 15.9 Å². The average Bonchev–Trinajstić information content (AvgIpc) is 2.02. The summed E-state index contributed by atoms with van der Waals surface area (Å²) in [4.78, 5) is 14.5. The van der Waals surface area contributed by atoms with Gasteiger partial charge in [-0.15, -0.1) is 0 Å². The molecule has 6 heteroatoms. The Labute approximate surface area is 74.3 Å². The van der Waals surface area contributed by atoms with Crippen LogP contribution in [-0.4, -0.2) is 26.1 Å². The van der Waals surface area contributed by atoms with E-state index in [9.17, 15) is 4.79 Å². The van der Waals surface area contributed by atoms with Crippen LogP contribution in [0.15, 0.2) is 17.1 Å². The third-order valence-electron chi connectivity index (χ3n) is 1.52. The number of nitrogen functional groups attached to an aromatic ring is 1. The fourth-order valence-corrected chi connectivity index (χ4v) is 0.867. The second-order valence-corrected chi connectivity index (χ2v) is 2.60. The minimum Gasteiger partial charge on any atom is -0.383 e. The maximum Gasteiger partial charge on any atom is 0.349 e. The molecule has 0 amide bonds. The topological polar surface area (TPSA) is 101 Å². The zero-order chi connectivity index (χ0) is 9.84. The normalized spacial score (nSPS) is 10.7. The predicted octanol–water partition coefficient (Wildman–Crippen LogP) is -1.47. The molecule has 0 atom stereocenters. The van der Waals surface area contributed by atoms with E-state index in [0.29, 0.717) is 0 Å². The van der Waals surface area contributed by atoms with Gasteiger partial charge in [0.15, 0.2) is 6.29 Å². The molecule has 0 aromatic carbocycles. The maximum atomic E-state index is 11.1. The average molecular weight is 185 g/mol. The third kappa shape index (κ3) is 2.85. The summed E-state index contributed by atoms with van der Waals surface area (Å²) in [5, 5.41) is 17.1. The molecule has 0 unspecified atom stereocenters. The molecule has 13 heavy (non-hydrogen) atoms. The lowest BCUT2D eigenvalue weighted by atomic mass is 10.4. The van der Waals surface area contributed by atoms with Crippen LogP contribution in [0.3, 0.4) is 0 Å². The second kappa shape index (κ2) is 4.01. The number of aromatic nitrogens is 2. The number of nitrogens with zero attached hydrogens (tertiary/aromatic N) is 2. The van der Waals surface area contributed by atoms with Gasteiger partial charge >= 0.3 is 5.69 Å². The maximum absolute atomic E-state index is 11.1. The first kappa shape index (κ1) is 9.69. The summed E-state index contributed by atoms with van der Waals surface area (Å²) in [6.07, 6.45) is 0.142. The van der Waals surface area contributed by atoms with Crippen LogP contribution in [0.5, 0.6) is 0 Å². The van der Waals surface area contributed by atoms with E-state index in [1.165, 1.54) is 16.8 Å². The number of rotatable bonds is 3. The van der Waals surface area contributed by atoms with E-state index in [0.717, 1.165) is 0 Å². The summed E-state index contributed by atoms with van der Waals surface area (Å²) in [5.74, 6) is 0.158. The van der Waals surface area contributed by atoms with E-state index in [2.05, 4.69) is 4.98 Å². The molecular weight excluding hydrogens is 174 g/mol. The summed E-state index contributed by atoms with van der Waals surface area (Å²) in [6, 6.07) is 1.48. The van der Waals surface area contributed by atoms with Crippen molar-refractivity contribution < 1.29 is 10.2 Å². The first-order valence-corrected chi connectivity index (χ1v) is 3.78. The molecule has 0 saturated carbocycles. The van der Waals surface area contributed by atoms with E-state index >= 15 is 0 Å². The van der Waals surface area contributed by atoms with E-state index < -0.39 is 12.0 Å². The molecule has 6 nitrogen and oxygen atoms in total. The van der Waals surface area contributed by atoms with Crippen molar-refractivity contribution in [2.75, 3.05) is 5.73 Å². The Balaban J connectivity index is 2.73. The lowest BCUT2D eigenvalue weighted by Crippen LogP contribution is -2.24. The molecule has 0 aliphatic carbocycles. The van der Waals surface area contributed by atoms with Gasteiger partial charge in [0.05, 0.1) is 0 Å². The first-order chi connectivity index (χ1) is 6.09. The molecule has 0 aliphatic rings. The molecule has 0 saturated heterocycles. The number of hydrogen-bond acceptors (Lipinski definition) is 5. The zero-order valence-corrected chi connectivity index (χ0v) is 6.92. The quantitative estimate of drug-likeness (QED) is 0.499. The van der Waals surface area contributed by atoms with Gasteiger partial charge in [0.1, 0.15) is 5.82 Å². The highest BCUT2D eigenvalue weighted by molar-refractivity contribution is 5.23. The van der Waals surface area contributed by atoms with Crippen molar-refractivity contribution in [1.29, 1.82) is 0 Å². The van der Waals surface area contributed by atoms with Crippen molar-refractivity contribution in [2.45, 2.75) is 19.3 Å². The zero-order valence-electron chi connectivity index (χ0n) is 6.92. The minimum absolute atomic E-state index is 0.0888. The van der Waals surface area contributed by atoms with Crippen LogP contribution in [0.2, 0.25) is 0 Å². The van der Waals surface area contributed by atoms with Crippen molar-refractivity contribution in [3.05, 3.63) is 22.7 Å². The summed E-state index contributed by atoms with van der Waals surface area (Å²) >= 11 is 0. The van der Waals surface area contributed by atoms with Gasteiger partial charge in [-0.1, -0.05) is 0 Å². The van der Waals surface area contributed by atoms with Gasteiger partial charge in [-0.3, -0.25) is 4.57 Å². The van der Waals surface area contributed by atoms with Crippen LogP contribution in [0.1, 0.15) is 6.42 Å². The van der Waals surface area contributed by atoms with Crippen molar-refractivity contribution in [1.82, 2.24) is 9.55 Å². The Bertz CT molecular complexity index is 334. The molecule has 1 aromatic rings. The molecule has 1 heterocycles. The molecule has 0 fully saturated rings. The summed E-state index contributed by atoms with van der Waals surface area (Å²) in [7, 11) is 0. The van der Waals surface area contributed by atoms with Gasteiger partial charge in [0, 0.05) is 19.2 Å². The van der Waals surface area contributed by atoms with Crippen molar-refractivity contribution >= 4 is 5.82 Å². The highest BCUT2D eigenvalue weighted by atomic mass is 16.5.